The summed E-state index contributed by atoms with van der Waals surface area (Å²) in [5.74, 6) is 1.49. The van der Waals surface area contributed by atoms with Crippen LogP contribution in [0.4, 0.5) is 0 Å². The van der Waals surface area contributed by atoms with E-state index in [4.69, 9.17) is 0 Å². The largest absolute Gasteiger partial charge is 0.310 e. The zero-order chi connectivity index (χ0) is 14.3. The van der Waals surface area contributed by atoms with Gasteiger partial charge in [0.1, 0.15) is 0 Å². The lowest BCUT2D eigenvalue weighted by Gasteiger charge is -2.13. The van der Waals surface area contributed by atoms with Crippen molar-refractivity contribution in [2.24, 2.45) is 5.92 Å². The summed E-state index contributed by atoms with van der Waals surface area (Å²) in [5.41, 5.74) is 2.73. The third-order valence-electron chi connectivity index (χ3n) is 3.16. The molecule has 0 aliphatic heterocycles. The maximum Gasteiger partial charge on any atom is 0.0246 e. The molecule has 0 aliphatic carbocycles. The van der Waals surface area contributed by atoms with Crippen molar-refractivity contribution in [2.45, 2.75) is 46.2 Å². The van der Waals surface area contributed by atoms with E-state index in [1.54, 1.807) is 6.26 Å². The highest BCUT2D eigenvalue weighted by molar-refractivity contribution is 7.84. The van der Waals surface area contributed by atoms with E-state index < -0.39 is 10.8 Å². The van der Waals surface area contributed by atoms with Crippen LogP contribution in [-0.2, 0) is 23.8 Å². The van der Waals surface area contributed by atoms with Gasteiger partial charge in [-0.05, 0) is 36.8 Å². The van der Waals surface area contributed by atoms with Gasteiger partial charge in [-0.1, -0.05) is 38.1 Å². The van der Waals surface area contributed by atoms with Crippen molar-refractivity contribution in [3.05, 3.63) is 35.4 Å². The smallest absolute Gasteiger partial charge is 0.0246 e. The van der Waals surface area contributed by atoms with Crippen molar-refractivity contribution in [3.8, 4) is 0 Å². The quantitative estimate of drug-likeness (QED) is 0.793. The normalized spacial score (nSPS) is 14.6. The maximum absolute atomic E-state index is 11.0. The molecule has 0 saturated heterocycles. The summed E-state index contributed by atoms with van der Waals surface area (Å²) >= 11 is 0. The molecule has 0 aliphatic rings. The van der Waals surface area contributed by atoms with Crippen LogP contribution in [0.15, 0.2) is 24.3 Å². The van der Waals surface area contributed by atoms with Crippen LogP contribution in [0, 0.1) is 5.92 Å². The molecule has 1 N–H and O–H groups in total. The van der Waals surface area contributed by atoms with Crippen LogP contribution in [0.3, 0.4) is 0 Å². The average molecular weight is 281 g/mol. The van der Waals surface area contributed by atoms with Gasteiger partial charge in [0.25, 0.3) is 0 Å². The van der Waals surface area contributed by atoms with Crippen molar-refractivity contribution >= 4 is 10.8 Å². The molecule has 0 spiro atoms. The molecule has 1 rings (SSSR count). The van der Waals surface area contributed by atoms with Crippen LogP contribution in [0.2, 0.25) is 0 Å². The molecule has 1 aromatic carbocycles. The average Bonchev–Trinajstić information content (AvgIpc) is 2.35. The summed E-state index contributed by atoms with van der Waals surface area (Å²) in [4.78, 5) is 0. The molecule has 108 valence electrons. The van der Waals surface area contributed by atoms with Gasteiger partial charge in [0, 0.05) is 35.4 Å². The zero-order valence-electron chi connectivity index (χ0n) is 12.6. The number of benzene rings is 1. The Morgan fingerprint density at radius 2 is 1.68 bits per heavy atom. The van der Waals surface area contributed by atoms with E-state index in [-0.39, 0.29) is 0 Å². The van der Waals surface area contributed by atoms with Crippen molar-refractivity contribution in [2.75, 3.05) is 12.0 Å². The molecular weight excluding hydrogens is 254 g/mol. The lowest BCUT2D eigenvalue weighted by atomic mass is 10.0. The molecule has 0 bridgehead atoms. The number of hydrogen-bond donors (Lipinski definition) is 1. The Morgan fingerprint density at radius 3 is 2.21 bits per heavy atom. The van der Waals surface area contributed by atoms with Crippen LogP contribution in [0.25, 0.3) is 0 Å². The molecular formula is C16H27NOS. The highest BCUT2D eigenvalue weighted by atomic mass is 32.2. The first-order chi connectivity index (χ1) is 8.97. The van der Waals surface area contributed by atoms with E-state index in [2.05, 4.69) is 50.4 Å². The molecule has 2 nitrogen and oxygen atoms in total. The van der Waals surface area contributed by atoms with E-state index >= 15 is 0 Å². The third-order valence-corrected chi connectivity index (χ3v) is 3.97. The molecule has 0 heterocycles. The molecule has 2 atom stereocenters. The highest BCUT2D eigenvalue weighted by Crippen LogP contribution is 2.10. The predicted molar refractivity (Wildman–Crippen MR) is 84.8 cm³/mol. The summed E-state index contributed by atoms with van der Waals surface area (Å²) in [7, 11) is -0.683. The third kappa shape index (κ3) is 7.48. The first-order valence-electron chi connectivity index (χ1n) is 7.08. The van der Waals surface area contributed by atoms with Gasteiger partial charge in [0.05, 0.1) is 0 Å². The van der Waals surface area contributed by atoms with Crippen LogP contribution in [0.5, 0.6) is 0 Å². The number of nitrogens with one attached hydrogen (secondary N) is 1. The lowest BCUT2D eigenvalue weighted by molar-refractivity contribution is 0.534. The fourth-order valence-electron chi connectivity index (χ4n) is 2.00. The first-order valence-corrected chi connectivity index (χ1v) is 8.81. The Hall–Kier alpha value is -0.670. The molecule has 0 saturated carbocycles. The molecule has 1 aromatic rings. The zero-order valence-corrected chi connectivity index (χ0v) is 13.4. The molecule has 0 amide bonds. The Kier molecular flexibility index (Phi) is 7.32. The van der Waals surface area contributed by atoms with Crippen LogP contribution in [-0.4, -0.2) is 22.3 Å². The number of hydrogen-bond acceptors (Lipinski definition) is 2. The summed E-state index contributed by atoms with van der Waals surface area (Å²) < 4.78 is 11.0. The van der Waals surface area contributed by atoms with Gasteiger partial charge < -0.3 is 5.32 Å². The van der Waals surface area contributed by atoms with Crippen molar-refractivity contribution in [1.29, 1.82) is 0 Å². The van der Waals surface area contributed by atoms with Gasteiger partial charge in [-0.3, -0.25) is 4.21 Å². The summed E-state index contributed by atoms with van der Waals surface area (Å²) in [5, 5.41) is 3.48. The molecule has 0 fully saturated rings. The summed E-state index contributed by atoms with van der Waals surface area (Å²) in [6.45, 7) is 7.53. The van der Waals surface area contributed by atoms with E-state index in [9.17, 15) is 4.21 Å². The summed E-state index contributed by atoms with van der Waals surface area (Å²) in [6.07, 6.45) is 3.88. The highest BCUT2D eigenvalue weighted by Gasteiger charge is 2.03. The van der Waals surface area contributed by atoms with Gasteiger partial charge in [-0.15, -0.1) is 0 Å². The Labute approximate surface area is 120 Å². The maximum atomic E-state index is 11.0. The van der Waals surface area contributed by atoms with Gasteiger partial charge in [0.2, 0.25) is 0 Å². The molecule has 19 heavy (non-hydrogen) atoms. The molecule has 3 heteroatoms. The minimum atomic E-state index is -0.683. The van der Waals surface area contributed by atoms with Gasteiger partial charge >= 0.3 is 0 Å². The topological polar surface area (TPSA) is 29.1 Å². The molecule has 0 radical (unpaired) electrons. The second-order valence-corrected chi connectivity index (χ2v) is 7.32. The second kappa shape index (κ2) is 8.49. The van der Waals surface area contributed by atoms with Crippen molar-refractivity contribution in [1.82, 2.24) is 5.32 Å². The monoisotopic (exact) mass is 281 g/mol. The minimum absolute atomic E-state index is 0.416. The predicted octanol–water partition coefficient (Wildman–Crippen LogP) is 3.13. The number of rotatable bonds is 8. The second-order valence-electron chi connectivity index (χ2n) is 5.76. The lowest BCUT2D eigenvalue weighted by Crippen LogP contribution is -2.26. The Balaban J connectivity index is 2.35. The first kappa shape index (κ1) is 16.4. The fraction of sp³-hybridized carbons (Fsp3) is 0.625. The molecule has 2 unspecified atom stereocenters. The standard InChI is InChI=1S/C16H27NOS/c1-13(2)11-15-5-7-16(8-6-15)12-17-14(3)9-10-19(4)18/h5-8,13-14,17H,9-12H2,1-4H3. The van der Waals surface area contributed by atoms with Gasteiger partial charge in [0.15, 0.2) is 0 Å². The Morgan fingerprint density at radius 1 is 1.11 bits per heavy atom. The minimum Gasteiger partial charge on any atom is -0.310 e. The summed E-state index contributed by atoms with van der Waals surface area (Å²) in [6, 6.07) is 9.27. The fourth-order valence-corrected chi connectivity index (χ4v) is 2.69. The van der Waals surface area contributed by atoms with E-state index in [1.807, 2.05) is 0 Å². The SMILES string of the molecule is CC(C)Cc1ccc(CNC(C)CCS(C)=O)cc1. The van der Waals surface area contributed by atoms with Gasteiger partial charge in [-0.2, -0.15) is 0 Å². The molecule has 0 aromatic heterocycles. The van der Waals surface area contributed by atoms with E-state index in [0.29, 0.717) is 12.0 Å². The van der Waals surface area contributed by atoms with Crippen molar-refractivity contribution < 1.29 is 4.21 Å². The van der Waals surface area contributed by atoms with Crippen LogP contribution >= 0.6 is 0 Å². The van der Waals surface area contributed by atoms with Gasteiger partial charge in [-0.25, -0.2) is 0 Å². The van der Waals surface area contributed by atoms with Crippen LogP contribution < -0.4 is 5.32 Å². The Bertz CT molecular complexity index is 386. The van der Waals surface area contributed by atoms with E-state index in [1.165, 1.54) is 11.1 Å². The van der Waals surface area contributed by atoms with Crippen LogP contribution in [0.1, 0.15) is 38.3 Å². The van der Waals surface area contributed by atoms with E-state index in [0.717, 1.165) is 25.1 Å². The van der Waals surface area contributed by atoms with Crippen molar-refractivity contribution in [3.63, 3.8) is 0 Å².